The number of rotatable bonds is 4. The van der Waals surface area contributed by atoms with Crippen molar-refractivity contribution in [3.63, 3.8) is 0 Å². The number of aryl methyl sites for hydroxylation is 2. The van der Waals surface area contributed by atoms with E-state index < -0.39 is 0 Å². The van der Waals surface area contributed by atoms with Crippen molar-refractivity contribution in [1.82, 2.24) is 19.6 Å². The van der Waals surface area contributed by atoms with E-state index in [0.29, 0.717) is 6.42 Å². The second-order valence-corrected chi connectivity index (χ2v) is 8.17. The molecule has 2 amide bonds. The minimum absolute atomic E-state index is 0.0690. The van der Waals surface area contributed by atoms with Crippen molar-refractivity contribution in [2.75, 3.05) is 26.2 Å². The van der Waals surface area contributed by atoms with E-state index in [1.165, 1.54) is 0 Å². The average molecular weight is 361 g/mol. The summed E-state index contributed by atoms with van der Waals surface area (Å²) in [5, 5.41) is 4.40. The zero-order chi connectivity index (χ0) is 18.9. The SMILES string of the molecule is CCCCN1C[C@@]2(CCCN(C(=O)c3c(C)nn(C)c3C)C2)CCC1=O. The minimum atomic E-state index is 0.0690. The molecule has 3 rings (SSSR count). The van der Waals surface area contributed by atoms with E-state index in [1.54, 1.807) is 4.68 Å². The summed E-state index contributed by atoms with van der Waals surface area (Å²) >= 11 is 0. The van der Waals surface area contributed by atoms with Crippen LogP contribution in [-0.2, 0) is 11.8 Å². The molecular weight excluding hydrogens is 328 g/mol. The van der Waals surface area contributed by atoms with Crippen LogP contribution in [0.1, 0.15) is 67.2 Å². The number of aromatic nitrogens is 2. The fourth-order valence-corrected chi connectivity index (χ4v) is 4.61. The van der Waals surface area contributed by atoms with E-state index in [1.807, 2.05) is 30.7 Å². The highest BCUT2D eigenvalue weighted by Crippen LogP contribution is 2.39. The van der Waals surface area contributed by atoms with Gasteiger partial charge in [-0.15, -0.1) is 0 Å². The molecule has 1 spiro atoms. The zero-order valence-corrected chi connectivity index (χ0v) is 16.7. The largest absolute Gasteiger partial charge is 0.342 e. The summed E-state index contributed by atoms with van der Waals surface area (Å²) in [6, 6.07) is 0. The van der Waals surface area contributed by atoms with E-state index in [-0.39, 0.29) is 17.2 Å². The Labute approximate surface area is 156 Å². The molecule has 0 radical (unpaired) electrons. The molecule has 0 N–H and O–H groups in total. The summed E-state index contributed by atoms with van der Waals surface area (Å²) in [6.45, 7) is 9.24. The highest BCUT2D eigenvalue weighted by atomic mass is 16.2. The van der Waals surface area contributed by atoms with Gasteiger partial charge in [0.25, 0.3) is 5.91 Å². The quantitative estimate of drug-likeness (QED) is 0.829. The highest BCUT2D eigenvalue weighted by Gasteiger charge is 2.43. The van der Waals surface area contributed by atoms with Crippen LogP contribution in [0.3, 0.4) is 0 Å². The Morgan fingerprint density at radius 3 is 2.65 bits per heavy atom. The van der Waals surface area contributed by atoms with Crippen molar-refractivity contribution >= 4 is 11.8 Å². The third kappa shape index (κ3) is 3.51. The number of carbonyl (C=O) groups is 2. The maximum Gasteiger partial charge on any atom is 0.257 e. The summed E-state index contributed by atoms with van der Waals surface area (Å²) in [7, 11) is 1.88. The molecule has 0 aliphatic carbocycles. The minimum Gasteiger partial charge on any atom is -0.342 e. The standard InChI is InChI=1S/C20H32N4O2/c1-5-6-11-23-13-20(10-8-17(23)25)9-7-12-24(14-20)19(26)18-15(2)21-22(4)16(18)3/h5-14H2,1-4H3/t20-/m1/s1. The van der Waals surface area contributed by atoms with Crippen LogP contribution in [0.25, 0.3) is 0 Å². The number of hydrogen-bond acceptors (Lipinski definition) is 3. The number of nitrogens with zero attached hydrogens (tertiary/aromatic N) is 4. The van der Waals surface area contributed by atoms with Gasteiger partial charge in [-0.25, -0.2) is 0 Å². The van der Waals surface area contributed by atoms with E-state index in [4.69, 9.17) is 0 Å². The van der Waals surface area contributed by atoms with Gasteiger partial charge in [0.05, 0.1) is 11.3 Å². The van der Waals surface area contributed by atoms with Crippen molar-refractivity contribution in [3.8, 4) is 0 Å². The van der Waals surface area contributed by atoms with Gasteiger partial charge in [0.2, 0.25) is 5.91 Å². The first-order chi connectivity index (χ1) is 12.4. The van der Waals surface area contributed by atoms with Gasteiger partial charge in [0, 0.05) is 50.8 Å². The third-order valence-electron chi connectivity index (χ3n) is 6.20. The zero-order valence-electron chi connectivity index (χ0n) is 16.7. The van der Waals surface area contributed by atoms with Crippen LogP contribution in [0, 0.1) is 19.3 Å². The maximum atomic E-state index is 13.2. The predicted molar refractivity (Wildman–Crippen MR) is 101 cm³/mol. The van der Waals surface area contributed by atoms with Crippen molar-refractivity contribution in [1.29, 1.82) is 0 Å². The monoisotopic (exact) mass is 360 g/mol. The lowest BCUT2D eigenvalue weighted by Crippen LogP contribution is -2.55. The van der Waals surface area contributed by atoms with Crippen LogP contribution < -0.4 is 0 Å². The molecule has 2 saturated heterocycles. The van der Waals surface area contributed by atoms with E-state index in [0.717, 1.165) is 75.2 Å². The lowest BCUT2D eigenvalue weighted by molar-refractivity contribution is -0.139. The smallest absolute Gasteiger partial charge is 0.257 e. The number of amides is 2. The Hall–Kier alpha value is -1.85. The normalized spacial score (nSPS) is 23.8. The van der Waals surface area contributed by atoms with Crippen LogP contribution in [0.2, 0.25) is 0 Å². The number of piperidine rings is 2. The molecule has 2 aliphatic heterocycles. The van der Waals surface area contributed by atoms with Crippen LogP contribution in [0.5, 0.6) is 0 Å². The summed E-state index contributed by atoms with van der Waals surface area (Å²) in [4.78, 5) is 29.5. The number of likely N-dealkylation sites (tertiary alicyclic amines) is 2. The fraction of sp³-hybridized carbons (Fsp3) is 0.750. The van der Waals surface area contributed by atoms with Crippen LogP contribution >= 0.6 is 0 Å². The van der Waals surface area contributed by atoms with E-state index in [9.17, 15) is 9.59 Å². The lowest BCUT2D eigenvalue weighted by Gasteiger charge is -2.48. The molecule has 0 saturated carbocycles. The second kappa shape index (κ2) is 7.41. The molecule has 1 atom stereocenters. The fourth-order valence-electron chi connectivity index (χ4n) is 4.61. The predicted octanol–water partition coefficient (Wildman–Crippen LogP) is 2.68. The molecule has 6 nitrogen and oxygen atoms in total. The van der Waals surface area contributed by atoms with Crippen LogP contribution in [0.4, 0.5) is 0 Å². The van der Waals surface area contributed by atoms with Crippen molar-refractivity contribution < 1.29 is 9.59 Å². The number of carbonyl (C=O) groups excluding carboxylic acids is 2. The Balaban J connectivity index is 1.76. The molecule has 1 aromatic heterocycles. The van der Waals surface area contributed by atoms with Crippen molar-refractivity contribution in [2.45, 2.75) is 59.3 Å². The molecule has 0 unspecified atom stereocenters. The Kier molecular flexibility index (Phi) is 5.39. The molecule has 2 fully saturated rings. The van der Waals surface area contributed by atoms with Gasteiger partial charge >= 0.3 is 0 Å². The van der Waals surface area contributed by atoms with Crippen LogP contribution in [0.15, 0.2) is 0 Å². The summed E-state index contributed by atoms with van der Waals surface area (Å²) in [5.41, 5.74) is 2.55. The molecule has 26 heavy (non-hydrogen) atoms. The summed E-state index contributed by atoms with van der Waals surface area (Å²) < 4.78 is 1.79. The molecule has 6 heteroatoms. The molecule has 1 aromatic rings. The third-order valence-corrected chi connectivity index (χ3v) is 6.20. The topological polar surface area (TPSA) is 58.4 Å². The van der Waals surface area contributed by atoms with E-state index >= 15 is 0 Å². The number of unbranched alkanes of at least 4 members (excludes halogenated alkanes) is 1. The van der Waals surface area contributed by atoms with Crippen molar-refractivity contribution in [3.05, 3.63) is 17.0 Å². The maximum absolute atomic E-state index is 13.2. The van der Waals surface area contributed by atoms with Gasteiger partial charge in [-0.05, 0) is 39.5 Å². The summed E-state index contributed by atoms with van der Waals surface area (Å²) in [5.74, 6) is 0.385. The summed E-state index contributed by atoms with van der Waals surface area (Å²) in [6.07, 6.45) is 5.80. The Bertz CT molecular complexity index is 696. The van der Waals surface area contributed by atoms with Gasteiger partial charge in [0.15, 0.2) is 0 Å². The first-order valence-electron chi connectivity index (χ1n) is 9.94. The second-order valence-electron chi connectivity index (χ2n) is 8.17. The average Bonchev–Trinajstić information content (AvgIpc) is 2.87. The number of hydrogen-bond donors (Lipinski definition) is 0. The van der Waals surface area contributed by atoms with Gasteiger partial charge in [-0.3, -0.25) is 14.3 Å². The van der Waals surface area contributed by atoms with E-state index in [2.05, 4.69) is 12.0 Å². The van der Waals surface area contributed by atoms with Gasteiger partial charge in [0.1, 0.15) is 0 Å². The Morgan fingerprint density at radius 1 is 1.23 bits per heavy atom. The molecule has 2 aliphatic rings. The van der Waals surface area contributed by atoms with Crippen LogP contribution in [-0.4, -0.2) is 57.6 Å². The van der Waals surface area contributed by atoms with Gasteiger partial charge < -0.3 is 9.80 Å². The molecular formula is C20H32N4O2. The Morgan fingerprint density at radius 2 is 2.00 bits per heavy atom. The van der Waals surface area contributed by atoms with Gasteiger partial charge in [-0.1, -0.05) is 13.3 Å². The molecule has 0 bridgehead atoms. The van der Waals surface area contributed by atoms with Crippen molar-refractivity contribution in [2.24, 2.45) is 12.5 Å². The lowest BCUT2D eigenvalue weighted by atomic mass is 9.73. The molecule has 144 valence electrons. The molecule has 3 heterocycles. The highest BCUT2D eigenvalue weighted by molar-refractivity contribution is 5.96. The first-order valence-corrected chi connectivity index (χ1v) is 9.94. The van der Waals surface area contributed by atoms with Gasteiger partial charge in [-0.2, -0.15) is 5.10 Å². The first kappa shape index (κ1) is 18.9. The molecule has 0 aromatic carbocycles.